The van der Waals surface area contributed by atoms with E-state index in [0.717, 1.165) is 38.9 Å². The molecule has 9 nitrogen and oxygen atoms in total. The lowest BCUT2D eigenvalue weighted by molar-refractivity contribution is -0.757. The van der Waals surface area contributed by atoms with Crippen LogP contribution in [0.3, 0.4) is 0 Å². The van der Waals surface area contributed by atoms with Crippen LogP contribution in [0.1, 0.15) is 28.7 Å². The first-order valence-electron chi connectivity index (χ1n) is 14.6. The van der Waals surface area contributed by atoms with Crippen LogP contribution in [0, 0.1) is 10.1 Å². The Labute approximate surface area is 260 Å². The number of tetrazole rings is 1. The summed E-state index contributed by atoms with van der Waals surface area (Å²) in [7, 11) is 0. The number of hydrogen-bond donors (Lipinski definition) is 0. The number of benzene rings is 5. The largest absolute Gasteiger partial charge is 0.314 e. The van der Waals surface area contributed by atoms with Crippen LogP contribution in [0.15, 0.2) is 145 Å². The fourth-order valence-corrected chi connectivity index (χ4v) is 5.49. The molecule has 0 aliphatic rings. The minimum absolute atomic E-state index is 0.0296. The Hall–Kier alpha value is -5.96. The molecule has 5 aromatic carbocycles. The van der Waals surface area contributed by atoms with Crippen molar-refractivity contribution in [1.29, 1.82) is 0 Å². The summed E-state index contributed by atoms with van der Waals surface area (Å²) in [5.41, 5.74) is 5.95. The van der Waals surface area contributed by atoms with Crippen molar-refractivity contribution < 1.29 is 9.92 Å². The van der Waals surface area contributed by atoms with E-state index in [-0.39, 0.29) is 6.61 Å². The lowest BCUT2D eigenvalue weighted by Crippen LogP contribution is -2.39. The lowest BCUT2D eigenvalue weighted by atomic mass is 9.77. The Morgan fingerprint density at radius 2 is 1.27 bits per heavy atom. The number of nitrogens with zero attached hydrogens (tertiary/aromatic N) is 6. The molecule has 0 aliphatic heterocycles. The molecular formula is C36H30N6O3. The van der Waals surface area contributed by atoms with Gasteiger partial charge in [-0.05, 0) is 45.0 Å². The van der Waals surface area contributed by atoms with E-state index in [2.05, 4.69) is 51.3 Å². The minimum atomic E-state index is -0.861. The summed E-state index contributed by atoms with van der Waals surface area (Å²) in [5.74, 6) is 0.514. The highest BCUT2D eigenvalue weighted by molar-refractivity contribution is 5.84. The summed E-state index contributed by atoms with van der Waals surface area (Å²) in [6, 6.07) is 46.9. The van der Waals surface area contributed by atoms with Gasteiger partial charge in [0.2, 0.25) is 5.82 Å². The van der Waals surface area contributed by atoms with Crippen LogP contribution in [-0.2, 0) is 10.4 Å². The Balaban J connectivity index is 1.36. The molecule has 0 N–H and O–H groups in total. The third-order valence-electron chi connectivity index (χ3n) is 7.55. The predicted octanol–water partition coefficient (Wildman–Crippen LogP) is 6.86. The van der Waals surface area contributed by atoms with E-state index in [1.807, 2.05) is 103 Å². The second-order valence-electron chi connectivity index (χ2n) is 10.3. The number of aliphatic imine (C=N–C) groups is 1. The van der Waals surface area contributed by atoms with E-state index in [1.54, 1.807) is 11.0 Å². The fraction of sp³-hybridized carbons (Fsp3) is 0.111. The molecule has 9 heteroatoms. The Morgan fingerprint density at radius 3 is 1.82 bits per heavy atom. The molecule has 0 amide bonds. The third kappa shape index (κ3) is 6.23. The molecule has 0 atom stereocenters. The maximum atomic E-state index is 10.3. The van der Waals surface area contributed by atoms with Crippen LogP contribution in [0.5, 0.6) is 0 Å². The summed E-state index contributed by atoms with van der Waals surface area (Å²) < 4.78 is 0. The molecule has 0 spiro atoms. The van der Waals surface area contributed by atoms with Crippen molar-refractivity contribution in [3.8, 4) is 22.5 Å². The van der Waals surface area contributed by atoms with Gasteiger partial charge in [-0.15, -0.1) is 25.1 Å². The van der Waals surface area contributed by atoms with Crippen LogP contribution < -0.4 is 0 Å². The van der Waals surface area contributed by atoms with Gasteiger partial charge < -0.3 is 4.84 Å². The average molecular weight is 595 g/mol. The van der Waals surface area contributed by atoms with Crippen molar-refractivity contribution in [2.24, 2.45) is 4.99 Å². The zero-order valence-electron chi connectivity index (χ0n) is 24.4. The zero-order valence-corrected chi connectivity index (χ0v) is 24.4. The molecule has 0 radical (unpaired) electrons. The second kappa shape index (κ2) is 13.6. The van der Waals surface area contributed by atoms with E-state index in [0.29, 0.717) is 18.8 Å². The first-order chi connectivity index (χ1) is 22.2. The van der Waals surface area contributed by atoms with E-state index in [9.17, 15) is 10.1 Å². The van der Waals surface area contributed by atoms with Gasteiger partial charge in [0.1, 0.15) is 0 Å². The topological polar surface area (TPSA) is 108 Å². The first kappa shape index (κ1) is 29.1. The quantitative estimate of drug-likeness (QED) is 0.0503. The standard InChI is InChI=1S/C36H30N6O3/c43-42(44)45-26-12-25-37-27-28-21-23-29(24-22-28)33-19-10-11-20-34(33)35-38-40-41(39-35)36(30-13-4-1-5-14-30,31-15-6-2-7-16-31)32-17-8-3-9-18-32/h1-11,13-24,27H,12,25-26H2/b37-27+. The average Bonchev–Trinajstić information content (AvgIpc) is 3.59. The van der Waals surface area contributed by atoms with Gasteiger partial charge in [-0.3, -0.25) is 4.99 Å². The van der Waals surface area contributed by atoms with E-state index in [4.69, 9.17) is 10.3 Å². The van der Waals surface area contributed by atoms with Crippen molar-refractivity contribution in [2.75, 3.05) is 13.2 Å². The molecule has 0 saturated carbocycles. The van der Waals surface area contributed by atoms with Gasteiger partial charge in [0, 0.05) is 18.3 Å². The Kier molecular flexibility index (Phi) is 8.78. The van der Waals surface area contributed by atoms with Crippen LogP contribution >= 0.6 is 0 Å². The molecule has 0 unspecified atom stereocenters. The lowest BCUT2D eigenvalue weighted by Gasteiger charge is -2.34. The van der Waals surface area contributed by atoms with Crippen molar-refractivity contribution in [2.45, 2.75) is 12.0 Å². The molecule has 6 rings (SSSR count). The number of rotatable bonds is 12. The van der Waals surface area contributed by atoms with E-state index < -0.39 is 10.6 Å². The third-order valence-corrected chi connectivity index (χ3v) is 7.55. The SMILES string of the molecule is O=[N+]([O-])OCCC/N=C/c1ccc(-c2ccccc2-c2nnn(C(c3ccccc3)(c3ccccc3)c3ccccc3)n2)cc1. The maximum absolute atomic E-state index is 10.3. The summed E-state index contributed by atoms with van der Waals surface area (Å²) in [6.07, 6.45) is 2.22. The number of hydrogen-bond acceptors (Lipinski definition) is 7. The Bertz CT molecular complexity index is 1780. The van der Waals surface area contributed by atoms with Crippen LogP contribution in [0.2, 0.25) is 0 Å². The van der Waals surface area contributed by atoms with Gasteiger partial charge in [0.05, 0.1) is 6.61 Å². The first-order valence-corrected chi connectivity index (χ1v) is 14.6. The molecule has 0 saturated heterocycles. The van der Waals surface area contributed by atoms with Crippen molar-refractivity contribution in [3.63, 3.8) is 0 Å². The van der Waals surface area contributed by atoms with Gasteiger partial charge in [-0.25, -0.2) is 0 Å². The van der Waals surface area contributed by atoms with Crippen LogP contribution in [0.25, 0.3) is 22.5 Å². The fourth-order valence-electron chi connectivity index (χ4n) is 5.49. The molecular weight excluding hydrogens is 564 g/mol. The normalized spacial score (nSPS) is 11.5. The molecule has 222 valence electrons. The maximum Gasteiger partial charge on any atom is 0.294 e. The predicted molar refractivity (Wildman–Crippen MR) is 173 cm³/mol. The Morgan fingerprint density at radius 1 is 0.733 bits per heavy atom. The van der Waals surface area contributed by atoms with Crippen molar-refractivity contribution >= 4 is 6.21 Å². The van der Waals surface area contributed by atoms with Gasteiger partial charge in [-0.2, -0.15) is 0 Å². The summed E-state index contributed by atoms with van der Waals surface area (Å²) in [5, 5.41) is 23.9. The molecule has 45 heavy (non-hydrogen) atoms. The van der Waals surface area contributed by atoms with Gasteiger partial charge in [-0.1, -0.05) is 140 Å². The molecule has 0 aliphatic carbocycles. The number of aromatic nitrogens is 4. The van der Waals surface area contributed by atoms with Crippen molar-refractivity contribution in [3.05, 3.63) is 172 Å². The van der Waals surface area contributed by atoms with Gasteiger partial charge >= 0.3 is 0 Å². The van der Waals surface area contributed by atoms with Crippen LogP contribution in [-0.4, -0.2) is 44.7 Å². The molecule has 1 aromatic heterocycles. The van der Waals surface area contributed by atoms with Gasteiger partial charge in [0.25, 0.3) is 5.09 Å². The molecule has 0 bridgehead atoms. The highest BCUT2D eigenvalue weighted by Gasteiger charge is 2.41. The highest BCUT2D eigenvalue weighted by atomic mass is 16.9. The van der Waals surface area contributed by atoms with Gasteiger partial charge in [0.15, 0.2) is 5.54 Å². The monoisotopic (exact) mass is 594 g/mol. The smallest absolute Gasteiger partial charge is 0.294 e. The van der Waals surface area contributed by atoms with E-state index >= 15 is 0 Å². The highest BCUT2D eigenvalue weighted by Crippen LogP contribution is 2.40. The van der Waals surface area contributed by atoms with Crippen molar-refractivity contribution in [1.82, 2.24) is 20.2 Å². The summed E-state index contributed by atoms with van der Waals surface area (Å²) >= 11 is 0. The summed E-state index contributed by atoms with van der Waals surface area (Å²) in [6.45, 7) is 0.470. The second-order valence-corrected chi connectivity index (χ2v) is 10.3. The summed E-state index contributed by atoms with van der Waals surface area (Å²) in [4.78, 5) is 20.7. The molecule has 1 heterocycles. The molecule has 0 fully saturated rings. The minimum Gasteiger partial charge on any atom is -0.314 e. The zero-order chi connectivity index (χ0) is 30.9. The van der Waals surface area contributed by atoms with Crippen LogP contribution in [0.4, 0.5) is 0 Å². The van der Waals surface area contributed by atoms with E-state index in [1.165, 1.54) is 0 Å². The molecule has 6 aromatic rings.